The zero-order valence-electron chi connectivity index (χ0n) is 9.97. The third kappa shape index (κ3) is 2.85. The lowest BCUT2D eigenvalue weighted by atomic mass is 10.1. The van der Waals surface area contributed by atoms with E-state index in [1.165, 1.54) is 0 Å². The number of rotatable bonds is 5. The van der Waals surface area contributed by atoms with Gasteiger partial charge >= 0.3 is 0 Å². The van der Waals surface area contributed by atoms with Gasteiger partial charge in [-0.2, -0.15) is 0 Å². The van der Waals surface area contributed by atoms with Gasteiger partial charge in [0.2, 0.25) is 0 Å². The van der Waals surface area contributed by atoms with E-state index in [-0.39, 0.29) is 6.54 Å². The summed E-state index contributed by atoms with van der Waals surface area (Å²) >= 11 is 0. The van der Waals surface area contributed by atoms with Crippen molar-refractivity contribution in [3.8, 4) is 0 Å². The number of nitrogens with two attached hydrogens (primary N) is 1. The fraction of sp³-hybridized carbons (Fsp3) is 0.385. The van der Waals surface area contributed by atoms with Gasteiger partial charge in [-0.25, -0.2) is 0 Å². The Morgan fingerprint density at radius 3 is 2.94 bits per heavy atom. The van der Waals surface area contributed by atoms with Crippen molar-refractivity contribution in [3.05, 3.63) is 36.1 Å². The minimum absolute atomic E-state index is 0.288. The van der Waals surface area contributed by atoms with Gasteiger partial charge < -0.3 is 15.3 Å². The summed E-state index contributed by atoms with van der Waals surface area (Å²) in [4.78, 5) is 2.04. The van der Waals surface area contributed by atoms with E-state index in [2.05, 4.69) is 0 Å². The van der Waals surface area contributed by atoms with Crippen molar-refractivity contribution in [2.75, 3.05) is 20.1 Å². The summed E-state index contributed by atoms with van der Waals surface area (Å²) in [7, 11) is 1.96. The monoisotopic (exact) mass is 234 g/mol. The Hall–Kier alpha value is -1.36. The number of nitrogens with zero attached hydrogens (tertiary/aromatic N) is 1. The molecule has 0 spiro atoms. The van der Waals surface area contributed by atoms with Crippen LogP contribution >= 0.6 is 0 Å². The molecule has 0 aliphatic rings. The number of aliphatic hydroxyl groups is 1. The molecule has 0 radical (unpaired) electrons. The van der Waals surface area contributed by atoms with Crippen LogP contribution in [0.1, 0.15) is 5.56 Å². The van der Waals surface area contributed by atoms with Crippen LogP contribution in [0, 0.1) is 0 Å². The highest BCUT2D eigenvalue weighted by Gasteiger charge is 2.10. The standard InChI is InChI=1S/C13H18N2O2/c1-15(8-11(16)6-14)7-10-9-17-13-5-3-2-4-12(10)13/h2-5,9,11,16H,6-8,14H2,1H3. The summed E-state index contributed by atoms with van der Waals surface area (Å²) < 4.78 is 5.47. The van der Waals surface area contributed by atoms with Gasteiger partial charge in [0.1, 0.15) is 5.58 Å². The third-order valence-electron chi connectivity index (χ3n) is 2.80. The summed E-state index contributed by atoms with van der Waals surface area (Å²) in [5, 5.41) is 10.6. The number of para-hydroxylation sites is 1. The molecule has 0 saturated heterocycles. The first-order valence-electron chi connectivity index (χ1n) is 5.72. The molecule has 4 nitrogen and oxygen atoms in total. The van der Waals surface area contributed by atoms with Crippen LogP contribution in [0.15, 0.2) is 34.9 Å². The van der Waals surface area contributed by atoms with Gasteiger partial charge in [-0.1, -0.05) is 18.2 Å². The molecule has 4 heteroatoms. The summed E-state index contributed by atoms with van der Waals surface area (Å²) in [6.07, 6.45) is 1.30. The lowest BCUT2D eigenvalue weighted by Crippen LogP contribution is -2.33. The fourth-order valence-electron chi connectivity index (χ4n) is 1.94. The summed E-state index contributed by atoms with van der Waals surface area (Å²) in [5.74, 6) is 0. The maximum absolute atomic E-state index is 9.48. The number of furan rings is 1. The number of likely N-dealkylation sites (N-methyl/N-ethyl adjacent to an activating group) is 1. The first-order chi connectivity index (χ1) is 8.20. The van der Waals surface area contributed by atoms with Gasteiger partial charge in [-0.15, -0.1) is 0 Å². The molecule has 0 saturated carbocycles. The van der Waals surface area contributed by atoms with Crippen LogP contribution in [0.4, 0.5) is 0 Å². The van der Waals surface area contributed by atoms with E-state index in [1.54, 1.807) is 6.26 Å². The predicted octanol–water partition coefficient (Wildman–Crippen LogP) is 1.18. The van der Waals surface area contributed by atoms with E-state index in [9.17, 15) is 5.11 Å². The largest absolute Gasteiger partial charge is 0.464 e. The molecular formula is C13H18N2O2. The Morgan fingerprint density at radius 2 is 2.18 bits per heavy atom. The highest BCUT2D eigenvalue weighted by molar-refractivity contribution is 5.80. The lowest BCUT2D eigenvalue weighted by molar-refractivity contribution is 0.129. The van der Waals surface area contributed by atoms with Crippen LogP contribution < -0.4 is 5.73 Å². The molecule has 0 bridgehead atoms. The van der Waals surface area contributed by atoms with Crippen LogP contribution in [-0.4, -0.2) is 36.2 Å². The Bertz CT molecular complexity index is 481. The molecule has 92 valence electrons. The maximum atomic E-state index is 9.48. The molecule has 1 atom stereocenters. The topological polar surface area (TPSA) is 62.6 Å². The van der Waals surface area contributed by atoms with Gasteiger partial charge in [0.05, 0.1) is 12.4 Å². The van der Waals surface area contributed by atoms with E-state index >= 15 is 0 Å². The van der Waals surface area contributed by atoms with Gasteiger partial charge in [0.25, 0.3) is 0 Å². The number of hydrogen-bond acceptors (Lipinski definition) is 4. The Balaban J connectivity index is 2.08. The van der Waals surface area contributed by atoms with Crippen molar-refractivity contribution >= 4 is 11.0 Å². The first kappa shape index (κ1) is 12.1. The van der Waals surface area contributed by atoms with Crippen molar-refractivity contribution < 1.29 is 9.52 Å². The molecule has 2 aromatic rings. The van der Waals surface area contributed by atoms with Gasteiger partial charge in [-0.05, 0) is 13.1 Å². The van der Waals surface area contributed by atoms with Crippen LogP contribution in [0.5, 0.6) is 0 Å². The molecule has 3 N–H and O–H groups in total. The molecular weight excluding hydrogens is 216 g/mol. The maximum Gasteiger partial charge on any atom is 0.134 e. The minimum Gasteiger partial charge on any atom is -0.464 e. The van der Waals surface area contributed by atoms with Crippen molar-refractivity contribution in [1.29, 1.82) is 0 Å². The van der Waals surface area contributed by atoms with Crippen LogP contribution in [0.25, 0.3) is 11.0 Å². The SMILES string of the molecule is CN(Cc1coc2ccccc12)CC(O)CN. The molecule has 0 amide bonds. The Kier molecular flexibility index (Phi) is 3.78. The van der Waals surface area contributed by atoms with Crippen molar-refractivity contribution in [2.45, 2.75) is 12.6 Å². The number of hydrogen-bond donors (Lipinski definition) is 2. The number of aliphatic hydroxyl groups excluding tert-OH is 1. The normalized spacial score (nSPS) is 13.4. The fourth-order valence-corrected chi connectivity index (χ4v) is 1.94. The quantitative estimate of drug-likeness (QED) is 0.815. The van der Waals surface area contributed by atoms with Crippen molar-refractivity contribution in [1.82, 2.24) is 4.90 Å². The summed E-state index contributed by atoms with van der Waals surface area (Å²) in [5.41, 5.74) is 7.42. The smallest absolute Gasteiger partial charge is 0.134 e. The molecule has 17 heavy (non-hydrogen) atoms. The third-order valence-corrected chi connectivity index (χ3v) is 2.80. The molecule has 1 aromatic carbocycles. The van der Waals surface area contributed by atoms with Crippen LogP contribution in [0.3, 0.4) is 0 Å². The van der Waals surface area contributed by atoms with Crippen molar-refractivity contribution in [2.24, 2.45) is 5.73 Å². The molecule has 2 rings (SSSR count). The second kappa shape index (κ2) is 5.31. The van der Waals surface area contributed by atoms with Crippen molar-refractivity contribution in [3.63, 3.8) is 0 Å². The van der Waals surface area contributed by atoms with E-state index in [0.717, 1.165) is 23.1 Å². The zero-order valence-corrected chi connectivity index (χ0v) is 9.97. The van der Waals surface area contributed by atoms with Gasteiger partial charge in [0.15, 0.2) is 0 Å². The second-order valence-electron chi connectivity index (χ2n) is 4.34. The zero-order chi connectivity index (χ0) is 12.3. The highest BCUT2D eigenvalue weighted by atomic mass is 16.3. The average Bonchev–Trinajstić information content (AvgIpc) is 2.72. The molecule has 1 unspecified atom stereocenters. The Morgan fingerprint density at radius 1 is 1.41 bits per heavy atom. The summed E-state index contributed by atoms with van der Waals surface area (Å²) in [6.45, 7) is 1.60. The van der Waals surface area contributed by atoms with Gasteiger partial charge in [0, 0.05) is 30.6 Å². The van der Waals surface area contributed by atoms with E-state index in [4.69, 9.17) is 10.2 Å². The summed E-state index contributed by atoms with van der Waals surface area (Å²) in [6, 6.07) is 7.95. The van der Waals surface area contributed by atoms with Gasteiger partial charge in [-0.3, -0.25) is 4.90 Å². The van der Waals surface area contributed by atoms with E-state index in [0.29, 0.717) is 6.54 Å². The molecule has 1 heterocycles. The number of benzene rings is 1. The highest BCUT2D eigenvalue weighted by Crippen LogP contribution is 2.21. The molecule has 0 aliphatic heterocycles. The van der Waals surface area contributed by atoms with E-state index < -0.39 is 6.10 Å². The number of fused-ring (bicyclic) bond motifs is 1. The second-order valence-corrected chi connectivity index (χ2v) is 4.34. The molecule has 1 aromatic heterocycles. The Labute approximate surface area is 101 Å². The average molecular weight is 234 g/mol. The van der Waals surface area contributed by atoms with Crippen LogP contribution in [-0.2, 0) is 6.54 Å². The first-order valence-corrected chi connectivity index (χ1v) is 5.72. The molecule has 0 fully saturated rings. The predicted molar refractivity (Wildman–Crippen MR) is 67.6 cm³/mol. The van der Waals surface area contributed by atoms with Crippen LogP contribution in [0.2, 0.25) is 0 Å². The lowest BCUT2D eigenvalue weighted by Gasteiger charge is -2.18. The molecule has 0 aliphatic carbocycles. The minimum atomic E-state index is -0.474. The van der Waals surface area contributed by atoms with E-state index in [1.807, 2.05) is 36.2 Å².